The van der Waals surface area contributed by atoms with Crippen molar-refractivity contribution in [1.82, 2.24) is 0 Å². The molecule has 0 spiro atoms. The number of hydrogen-bond donors (Lipinski definition) is 0. The molecule has 0 bridgehead atoms. The Morgan fingerprint density at radius 2 is 1.32 bits per heavy atom. The Labute approximate surface area is 148 Å². The highest BCUT2D eigenvalue weighted by Crippen LogP contribution is 2.36. The first-order chi connectivity index (χ1) is 12.0. The summed E-state index contributed by atoms with van der Waals surface area (Å²) in [5.41, 5.74) is 4.99. The van der Waals surface area contributed by atoms with Crippen LogP contribution >= 0.6 is 0 Å². The van der Waals surface area contributed by atoms with Crippen molar-refractivity contribution >= 4 is 22.9 Å². The lowest BCUT2D eigenvalue weighted by molar-refractivity contribution is -0.118. The Bertz CT molecular complexity index is 818. The number of anilines is 2. The summed E-state index contributed by atoms with van der Waals surface area (Å²) in [5, 5.41) is 7.65. The van der Waals surface area contributed by atoms with E-state index >= 15 is 0 Å². The van der Waals surface area contributed by atoms with Crippen molar-refractivity contribution < 1.29 is 4.79 Å². The van der Waals surface area contributed by atoms with E-state index in [4.69, 9.17) is 0 Å². The molecule has 2 aromatic carbocycles. The Hall–Kier alpha value is -2.95. The third-order valence-corrected chi connectivity index (χ3v) is 4.37. The Morgan fingerprint density at radius 3 is 1.84 bits per heavy atom. The van der Waals surface area contributed by atoms with E-state index < -0.39 is 5.92 Å². The number of carbonyl (C=O) groups excluding carboxylic acids is 1. The number of benzene rings is 2. The first-order valence-corrected chi connectivity index (χ1v) is 8.17. The summed E-state index contributed by atoms with van der Waals surface area (Å²) in [4.78, 5) is 16.5. The smallest absolute Gasteiger partial charge is 0.276 e. The van der Waals surface area contributed by atoms with Gasteiger partial charge < -0.3 is 9.80 Å². The molecule has 1 atom stereocenters. The zero-order valence-electron chi connectivity index (χ0n) is 15.0. The van der Waals surface area contributed by atoms with Gasteiger partial charge in [-0.2, -0.15) is 5.11 Å². The first kappa shape index (κ1) is 16.9. The highest BCUT2D eigenvalue weighted by molar-refractivity contribution is 5.98. The molecule has 0 fully saturated rings. The molecule has 25 heavy (non-hydrogen) atoms. The average Bonchev–Trinajstić information content (AvgIpc) is 2.61. The second-order valence-corrected chi connectivity index (χ2v) is 6.50. The minimum atomic E-state index is -0.418. The molecule has 1 aliphatic heterocycles. The van der Waals surface area contributed by atoms with Gasteiger partial charge in [0.2, 0.25) is 0 Å². The lowest BCUT2D eigenvalue weighted by Gasteiger charge is -2.21. The van der Waals surface area contributed by atoms with Crippen molar-refractivity contribution in [2.75, 3.05) is 38.0 Å². The van der Waals surface area contributed by atoms with E-state index in [-0.39, 0.29) is 5.91 Å². The van der Waals surface area contributed by atoms with Crippen LogP contribution in [0.15, 0.2) is 65.0 Å². The molecular formula is C20H22N4O. The third kappa shape index (κ3) is 3.45. The predicted molar refractivity (Wildman–Crippen MR) is 102 cm³/mol. The quantitative estimate of drug-likeness (QED) is 0.851. The van der Waals surface area contributed by atoms with Crippen molar-refractivity contribution in [1.29, 1.82) is 0 Å². The van der Waals surface area contributed by atoms with Crippen LogP contribution in [0.2, 0.25) is 0 Å². The molecular weight excluding hydrogens is 312 g/mol. The highest BCUT2D eigenvalue weighted by atomic mass is 16.2. The summed E-state index contributed by atoms with van der Waals surface area (Å²) in [6.45, 7) is 0. The van der Waals surface area contributed by atoms with E-state index in [9.17, 15) is 4.79 Å². The number of nitrogens with zero attached hydrogens (tertiary/aromatic N) is 4. The van der Waals surface area contributed by atoms with E-state index in [1.165, 1.54) is 0 Å². The maximum atomic E-state index is 12.5. The molecule has 0 aromatic heterocycles. The van der Waals surface area contributed by atoms with Crippen molar-refractivity contribution in [3.63, 3.8) is 0 Å². The van der Waals surface area contributed by atoms with Crippen LogP contribution in [-0.2, 0) is 4.79 Å². The molecule has 0 N–H and O–H groups in total. The molecule has 128 valence electrons. The number of carbonyl (C=O) groups is 1. The molecule has 1 heterocycles. The van der Waals surface area contributed by atoms with Crippen molar-refractivity contribution in [2.24, 2.45) is 10.2 Å². The van der Waals surface area contributed by atoms with Crippen LogP contribution in [0.25, 0.3) is 5.57 Å². The van der Waals surface area contributed by atoms with E-state index in [2.05, 4.69) is 10.2 Å². The minimum absolute atomic E-state index is 0.230. The number of hydrogen-bond acceptors (Lipinski definition) is 4. The second kappa shape index (κ2) is 6.89. The predicted octanol–water partition coefficient (Wildman–Crippen LogP) is 3.94. The van der Waals surface area contributed by atoms with Gasteiger partial charge in [0.05, 0.1) is 12.1 Å². The summed E-state index contributed by atoms with van der Waals surface area (Å²) in [5.74, 6) is -0.647. The van der Waals surface area contributed by atoms with Gasteiger partial charge >= 0.3 is 0 Å². The number of azo groups is 1. The van der Waals surface area contributed by atoms with Gasteiger partial charge in [-0.15, -0.1) is 5.11 Å². The Balaban J connectivity index is 1.97. The van der Waals surface area contributed by atoms with Crippen molar-refractivity contribution in [3.8, 4) is 0 Å². The second-order valence-electron chi connectivity index (χ2n) is 6.50. The van der Waals surface area contributed by atoms with Crippen LogP contribution in [0, 0.1) is 0 Å². The summed E-state index contributed by atoms with van der Waals surface area (Å²) in [6.07, 6.45) is 1.69. The first-order valence-electron chi connectivity index (χ1n) is 8.17. The largest absolute Gasteiger partial charge is 0.378 e. The van der Waals surface area contributed by atoms with E-state index in [0.717, 1.165) is 28.1 Å². The lowest BCUT2D eigenvalue weighted by Crippen LogP contribution is -2.15. The van der Waals surface area contributed by atoms with Gasteiger partial charge in [0.1, 0.15) is 0 Å². The highest BCUT2D eigenvalue weighted by Gasteiger charge is 2.28. The van der Waals surface area contributed by atoms with Crippen LogP contribution < -0.4 is 9.80 Å². The van der Waals surface area contributed by atoms with Crippen LogP contribution in [0.1, 0.15) is 17.0 Å². The monoisotopic (exact) mass is 334 g/mol. The SMILES string of the molecule is CN(C)c1ccc(C2=CN=NC(=O)C2c2ccc(N(C)C)cc2)cc1. The van der Waals surface area contributed by atoms with Gasteiger partial charge in [-0.3, -0.25) is 4.79 Å². The molecule has 1 unspecified atom stereocenters. The third-order valence-electron chi connectivity index (χ3n) is 4.37. The van der Waals surface area contributed by atoms with Gasteiger partial charge in [-0.1, -0.05) is 24.3 Å². The molecule has 3 rings (SSSR count). The molecule has 0 radical (unpaired) electrons. The summed E-state index contributed by atoms with van der Waals surface area (Å²) in [6, 6.07) is 16.1. The molecule has 0 saturated heterocycles. The van der Waals surface area contributed by atoms with E-state index in [1.54, 1.807) is 6.20 Å². The zero-order valence-corrected chi connectivity index (χ0v) is 15.0. The van der Waals surface area contributed by atoms with Crippen LogP contribution in [-0.4, -0.2) is 34.1 Å². The fourth-order valence-electron chi connectivity index (χ4n) is 2.89. The number of rotatable bonds is 4. The van der Waals surface area contributed by atoms with Gasteiger partial charge in [-0.25, -0.2) is 0 Å². The maximum Gasteiger partial charge on any atom is 0.276 e. The van der Waals surface area contributed by atoms with Crippen molar-refractivity contribution in [3.05, 3.63) is 65.9 Å². The summed E-state index contributed by atoms with van der Waals surface area (Å²) < 4.78 is 0. The van der Waals surface area contributed by atoms with E-state index in [0.29, 0.717) is 0 Å². The Kier molecular flexibility index (Phi) is 4.65. The minimum Gasteiger partial charge on any atom is -0.378 e. The summed E-state index contributed by atoms with van der Waals surface area (Å²) >= 11 is 0. The zero-order chi connectivity index (χ0) is 18.0. The van der Waals surface area contributed by atoms with Gasteiger partial charge in [0.25, 0.3) is 5.91 Å². The van der Waals surface area contributed by atoms with Crippen molar-refractivity contribution in [2.45, 2.75) is 5.92 Å². The molecule has 2 aromatic rings. The van der Waals surface area contributed by atoms with Gasteiger partial charge in [0.15, 0.2) is 0 Å². The average molecular weight is 334 g/mol. The van der Waals surface area contributed by atoms with Crippen LogP contribution in [0.4, 0.5) is 11.4 Å². The Morgan fingerprint density at radius 1 is 0.800 bits per heavy atom. The standard InChI is InChI=1S/C20H22N4O/c1-23(2)16-9-5-14(6-10-16)18-13-21-22-20(25)19(18)15-7-11-17(12-8-15)24(3)4/h5-13,19H,1-4H3. The molecule has 5 heteroatoms. The fraction of sp³-hybridized carbons (Fsp3) is 0.250. The van der Waals surface area contributed by atoms with E-state index in [1.807, 2.05) is 86.5 Å². The summed E-state index contributed by atoms with van der Waals surface area (Å²) in [7, 11) is 7.99. The van der Waals surface area contributed by atoms with Gasteiger partial charge in [-0.05, 0) is 41.0 Å². The van der Waals surface area contributed by atoms with Crippen LogP contribution in [0.5, 0.6) is 0 Å². The molecule has 0 aliphatic carbocycles. The lowest BCUT2D eigenvalue weighted by atomic mass is 9.86. The number of amides is 1. The topological polar surface area (TPSA) is 48.3 Å². The molecule has 1 amide bonds. The van der Waals surface area contributed by atoms with Gasteiger partial charge in [0, 0.05) is 39.6 Å². The normalized spacial score (nSPS) is 16.6. The molecule has 5 nitrogen and oxygen atoms in total. The fourth-order valence-corrected chi connectivity index (χ4v) is 2.89. The maximum absolute atomic E-state index is 12.5. The molecule has 0 saturated carbocycles. The van der Waals surface area contributed by atoms with Crippen LogP contribution in [0.3, 0.4) is 0 Å². The molecule has 1 aliphatic rings.